The number of aryl methyl sites for hydroxylation is 1. The molecule has 0 aliphatic heterocycles. The summed E-state index contributed by atoms with van der Waals surface area (Å²) >= 11 is 7.25. The summed E-state index contributed by atoms with van der Waals surface area (Å²) in [7, 11) is 0. The van der Waals surface area contributed by atoms with E-state index in [1.807, 2.05) is 24.5 Å². The summed E-state index contributed by atoms with van der Waals surface area (Å²) in [5.41, 5.74) is 0.891. The molecule has 0 saturated heterocycles. The van der Waals surface area contributed by atoms with E-state index < -0.39 is 4.92 Å². The summed E-state index contributed by atoms with van der Waals surface area (Å²) in [6.07, 6.45) is 2.46. The van der Waals surface area contributed by atoms with Crippen molar-refractivity contribution in [2.75, 3.05) is 11.1 Å². The van der Waals surface area contributed by atoms with Gasteiger partial charge in [-0.05, 0) is 25.5 Å². The molecule has 152 valence electrons. The van der Waals surface area contributed by atoms with E-state index in [1.54, 1.807) is 6.26 Å². The molecule has 1 amide bonds. The van der Waals surface area contributed by atoms with Gasteiger partial charge in [0.25, 0.3) is 5.69 Å². The Morgan fingerprint density at radius 2 is 2.17 bits per heavy atom. The van der Waals surface area contributed by atoms with Crippen LogP contribution in [0.5, 0.6) is 0 Å². The van der Waals surface area contributed by atoms with Gasteiger partial charge in [-0.2, -0.15) is 0 Å². The molecule has 9 nitrogen and oxygen atoms in total. The van der Waals surface area contributed by atoms with Crippen LogP contribution in [0.4, 0.5) is 11.4 Å². The van der Waals surface area contributed by atoms with Crippen LogP contribution in [0.25, 0.3) is 11.4 Å². The highest BCUT2D eigenvalue weighted by Gasteiger charge is 2.18. The first-order valence-electron chi connectivity index (χ1n) is 8.75. The number of benzene rings is 1. The van der Waals surface area contributed by atoms with Gasteiger partial charge in [0.05, 0.1) is 33.2 Å². The number of thioether (sulfide) groups is 1. The molecule has 1 N–H and O–H groups in total. The maximum absolute atomic E-state index is 12.3. The molecule has 0 bridgehead atoms. The normalized spacial score (nSPS) is 10.9. The van der Waals surface area contributed by atoms with E-state index in [9.17, 15) is 14.9 Å². The Balaban J connectivity index is 1.72. The molecule has 3 rings (SSSR count). The highest BCUT2D eigenvalue weighted by molar-refractivity contribution is 7.99. The van der Waals surface area contributed by atoms with Crippen molar-refractivity contribution in [1.29, 1.82) is 0 Å². The van der Waals surface area contributed by atoms with Gasteiger partial charge in [-0.3, -0.25) is 14.9 Å². The molecule has 0 saturated carbocycles. The Kier molecular flexibility index (Phi) is 6.55. The van der Waals surface area contributed by atoms with E-state index in [4.69, 9.17) is 16.0 Å². The molecule has 29 heavy (non-hydrogen) atoms. The van der Waals surface area contributed by atoms with E-state index in [0.717, 1.165) is 17.7 Å². The fourth-order valence-electron chi connectivity index (χ4n) is 2.68. The second-order valence-corrected chi connectivity index (χ2v) is 7.46. The number of anilines is 1. The summed E-state index contributed by atoms with van der Waals surface area (Å²) in [5, 5.41) is 22.8. The van der Waals surface area contributed by atoms with E-state index in [0.29, 0.717) is 17.5 Å². The number of rotatable bonds is 8. The first-order chi connectivity index (χ1) is 13.9. The molecule has 0 unspecified atom stereocenters. The third kappa shape index (κ3) is 4.77. The lowest BCUT2D eigenvalue weighted by atomic mass is 10.2. The SMILES string of the molecule is CCCn1c(SCC(=O)Nc2cc([N+](=O)[O-])ccc2Cl)nnc1-c1ccoc1C. The molecule has 0 aliphatic rings. The number of nitro groups is 1. The van der Waals surface area contributed by atoms with Crippen molar-refractivity contribution in [2.45, 2.75) is 32.0 Å². The molecular formula is C18H18ClN5O4S. The van der Waals surface area contributed by atoms with Crippen LogP contribution in [0.3, 0.4) is 0 Å². The van der Waals surface area contributed by atoms with Gasteiger partial charge in [0, 0.05) is 18.7 Å². The molecule has 11 heteroatoms. The van der Waals surface area contributed by atoms with Crippen LogP contribution in [0.2, 0.25) is 5.02 Å². The van der Waals surface area contributed by atoms with E-state index in [1.165, 1.54) is 30.0 Å². The number of nitrogens with one attached hydrogen (secondary N) is 1. The van der Waals surface area contributed by atoms with Gasteiger partial charge >= 0.3 is 0 Å². The van der Waals surface area contributed by atoms with Gasteiger partial charge in [0.15, 0.2) is 11.0 Å². The first-order valence-corrected chi connectivity index (χ1v) is 10.1. The molecular weight excluding hydrogens is 418 g/mol. The van der Waals surface area contributed by atoms with Crippen molar-refractivity contribution in [3.8, 4) is 11.4 Å². The van der Waals surface area contributed by atoms with Crippen molar-refractivity contribution in [2.24, 2.45) is 0 Å². The van der Waals surface area contributed by atoms with Crippen molar-refractivity contribution < 1.29 is 14.1 Å². The highest BCUT2D eigenvalue weighted by atomic mass is 35.5. The number of non-ortho nitro benzene ring substituents is 1. The largest absolute Gasteiger partial charge is 0.469 e. The lowest BCUT2D eigenvalue weighted by molar-refractivity contribution is -0.384. The summed E-state index contributed by atoms with van der Waals surface area (Å²) in [5.74, 6) is 1.11. The van der Waals surface area contributed by atoms with Crippen molar-refractivity contribution in [3.63, 3.8) is 0 Å². The smallest absolute Gasteiger partial charge is 0.271 e. The zero-order valence-corrected chi connectivity index (χ0v) is 17.3. The molecule has 0 aliphatic carbocycles. The number of halogens is 1. The van der Waals surface area contributed by atoms with Gasteiger partial charge < -0.3 is 14.3 Å². The van der Waals surface area contributed by atoms with Gasteiger partial charge in [0.2, 0.25) is 5.91 Å². The van der Waals surface area contributed by atoms with Crippen LogP contribution in [0.1, 0.15) is 19.1 Å². The Hall–Kier alpha value is -2.85. The van der Waals surface area contributed by atoms with Crippen molar-refractivity contribution >= 4 is 40.6 Å². The maximum Gasteiger partial charge on any atom is 0.271 e. The molecule has 1 aromatic carbocycles. The predicted molar refractivity (Wildman–Crippen MR) is 110 cm³/mol. The van der Waals surface area contributed by atoms with Gasteiger partial charge in [-0.1, -0.05) is 30.3 Å². The van der Waals surface area contributed by atoms with E-state index in [-0.39, 0.29) is 28.1 Å². The molecule has 0 spiro atoms. The number of hydrogen-bond donors (Lipinski definition) is 1. The van der Waals surface area contributed by atoms with Crippen LogP contribution in [-0.2, 0) is 11.3 Å². The standard InChI is InChI=1S/C18H18ClN5O4S/c1-3-7-23-17(13-6-8-28-11(13)2)21-22-18(23)29-10-16(25)20-15-9-12(24(26)27)4-5-14(15)19/h4-6,8-9H,3,7,10H2,1-2H3,(H,20,25). The van der Waals surface area contributed by atoms with E-state index >= 15 is 0 Å². The number of furan rings is 1. The highest BCUT2D eigenvalue weighted by Crippen LogP contribution is 2.29. The first kappa shape index (κ1) is 20.9. The minimum absolute atomic E-state index is 0.0469. The summed E-state index contributed by atoms with van der Waals surface area (Å²) < 4.78 is 7.29. The fraction of sp³-hybridized carbons (Fsp3) is 0.278. The van der Waals surface area contributed by atoms with Gasteiger partial charge in [-0.15, -0.1) is 10.2 Å². The Labute approximate surface area is 175 Å². The zero-order valence-electron chi connectivity index (χ0n) is 15.7. The average Bonchev–Trinajstić information content (AvgIpc) is 3.27. The Bertz CT molecular complexity index is 1050. The lowest BCUT2D eigenvalue weighted by Gasteiger charge is -2.09. The van der Waals surface area contributed by atoms with Gasteiger partial charge in [0.1, 0.15) is 5.76 Å². The third-order valence-corrected chi connectivity index (χ3v) is 5.33. The minimum Gasteiger partial charge on any atom is -0.469 e. The molecule has 0 atom stereocenters. The van der Waals surface area contributed by atoms with Crippen LogP contribution in [0.15, 0.2) is 40.1 Å². The van der Waals surface area contributed by atoms with Crippen molar-refractivity contribution in [3.05, 3.63) is 51.4 Å². The predicted octanol–water partition coefficient (Wildman–Crippen LogP) is 4.55. The van der Waals surface area contributed by atoms with Gasteiger partial charge in [-0.25, -0.2) is 0 Å². The number of nitro benzene ring substituents is 1. The van der Waals surface area contributed by atoms with Crippen molar-refractivity contribution in [1.82, 2.24) is 14.8 Å². The molecule has 0 radical (unpaired) electrons. The van der Waals surface area contributed by atoms with Crippen LogP contribution < -0.4 is 5.32 Å². The lowest BCUT2D eigenvalue weighted by Crippen LogP contribution is -2.15. The minimum atomic E-state index is -0.548. The number of nitrogens with zero attached hydrogens (tertiary/aromatic N) is 4. The summed E-state index contributed by atoms with van der Waals surface area (Å²) in [4.78, 5) is 22.7. The number of carbonyl (C=O) groups is 1. The number of amides is 1. The Morgan fingerprint density at radius 3 is 2.83 bits per heavy atom. The number of aromatic nitrogens is 3. The summed E-state index contributed by atoms with van der Waals surface area (Å²) in [6.45, 7) is 4.58. The van der Waals surface area contributed by atoms with E-state index in [2.05, 4.69) is 15.5 Å². The Morgan fingerprint density at radius 1 is 1.38 bits per heavy atom. The monoisotopic (exact) mass is 435 g/mol. The van der Waals surface area contributed by atoms with Crippen LogP contribution >= 0.6 is 23.4 Å². The number of carbonyl (C=O) groups excluding carboxylic acids is 1. The molecule has 3 aromatic rings. The maximum atomic E-state index is 12.3. The molecule has 2 aromatic heterocycles. The molecule has 0 fully saturated rings. The second kappa shape index (κ2) is 9.10. The molecule has 2 heterocycles. The summed E-state index contributed by atoms with van der Waals surface area (Å²) in [6, 6.07) is 5.71. The van der Waals surface area contributed by atoms with Crippen LogP contribution in [0, 0.1) is 17.0 Å². The fourth-order valence-corrected chi connectivity index (χ4v) is 3.61. The van der Waals surface area contributed by atoms with Crippen LogP contribution in [-0.4, -0.2) is 31.3 Å². The third-order valence-electron chi connectivity index (χ3n) is 4.03. The topological polar surface area (TPSA) is 116 Å². The second-order valence-electron chi connectivity index (χ2n) is 6.11. The average molecular weight is 436 g/mol. The quantitative estimate of drug-likeness (QED) is 0.313. The zero-order chi connectivity index (χ0) is 21.0. The number of hydrogen-bond acceptors (Lipinski definition) is 7.